The molecule has 0 atom stereocenters. The maximum atomic E-state index is 6.23. The molecule has 0 radical (unpaired) electrons. The van der Waals surface area contributed by atoms with E-state index in [1.807, 2.05) is 30.3 Å². The largest absolute Gasteiger partial charge is 0.453 e. The van der Waals surface area contributed by atoms with Gasteiger partial charge >= 0.3 is 0 Å². The number of benzene rings is 2. The van der Waals surface area contributed by atoms with E-state index in [9.17, 15) is 0 Å². The summed E-state index contributed by atoms with van der Waals surface area (Å²) in [6.07, 6.45) is 6.34. The summed E-state index contributed by atoms with van der Waals surface area (Å²) in [5.41, 5.74) is 2.21. The van der Waals surface area contributed by atoms with Gasteiger partial charge in [0.05, 0.1) is 11.4 Å². The molecular weight excluding hydrogens is 318 g/mol. The Morgan fingerprint density at radius 3 is 2.50 bits per heavy atom. The minimum atomic E-state index is 0.749. The minimum Gasteiger partial charge on any atom is -0.453 e. The monoisotopic (exact) mass is 343 g/mol. The van der Waals surface area contributed by atoms with Crippen LogP contribution in [0.5, 0.6) is 11.5 Å². The summed E-state index contributed by atoms with van der Waals surface area (Å²) < 4.78 is 6.04. The Labute approximate surface area is 150 Å². The molecule has 3 rings (SSSR count). The van der Waals surface area contributed by atoms with Gasteiger partial charge in [0, 0.05) is 11.6 Å². The first kappa shape index (κ1) is 17.2. The second-order valence-corrected chi connectivity index (χ2v) is 6.95. The SMILES string of the molecule is CCC(CC)CCCCN1c2ccccc2Oc2ccc(Cl)cc21. The molecule has 1 heterocycles. The van der Waals surface area contributed by atoms with Crippen LogP contribution in [-0.2, 0) is 0 Å². The smallest absolute Gasteiger partial charge is 0.151 e. The van der Waals surface area contributed by atoms with Crippen LogP contribution in [0, 0.1) is 5.92 Å². The highest BCUT2D eigenvalue weighted by atomic mass is 35.5. The van der Waals surface area contributed by atoms with E-state index in [1.165, 1.54) is 32.1 Å². The van der Waals surface area contributed by atoms with E-state index in [-0.39, 0.29) is 0 Å². The Morgan fingerprint density at radius 2 is 1.71 bits per heavy atom. The summed E-state index contributed by atoms with van der Waals surface area (Å²) in [6.45, 7) is 5.59. The highest BCUT2D eigenvalue weighted by Gasteiger charge is 2.23. The number of hydrogen-bond acceptors (Lipinski definition) is 2. The molecule has 0 amide bonds. The lowest BCUT2D eigenvalue weighted by Gasteiger charge is -2.33. The van der Waals surface area contributed by atoms with Crippen LogP contribution in [0.15, 0.2) is 42.5 Å². The second kappa shape index (κ2) is 7.94. The molecule has 24 heavy (non-hydrogen) atoms. The minimum absolute atomic E-state index is 0.749. The fourth-order valence-corrected chi connectivity index (χ4v) is 3.61. The van der Waals surface area contributed by atoms with Crippen LogP contribution >= 0.6 is 11.6 Å². The van der Waals surface area contributed by atoms with E-state index < -0.39 is 0 Å². The Balaban J connectivity index is 1.75. The number of unbranched alkanes of at least 4 members (excludes halogenated alkanes) is 1. The van der Waals surface area contributed by atoms with E-state index >= 15 is 0 Å². The van der Waals surface area contributed by atoms with Gasteiger partial charge in [-0.05, 0) is 42.7 Å². The van der Waals surface area contributed by atoms with Crippen molar-refractivity contribution >= 4 is 23.0 Å². The van der Waals surface area contributed by atoms with Crippen molar-refractivity contribution < 1.29 is 4.74 Å². The number of hydrogen-bond donors (Lipinski definition) is 0. The summed E-state index contributed by atoms with van der Waals surface area (Å²) >= 11 is 6.23. The zero-order valence-corrected chi connectivity index (χ0v) is 15.4. The van der Waals surface area contributed by atoms with Crippen LogP contribution < -0.4 is 9.64 Å². The number of halogens is 1. The lowest BCUT2D eigenvalue weighted by atomic mass is 9.96. The average Bonchev–Trinajstić information content (AvgIpc) is 2.61. The van der Waals surface area contributed by atoms with Gasteiger partial charge in [0.15, 0.2) is 11.5 Å². The predicted molar refractivity (Wildman–Crippen MR) is 103 cm³/mol. The van der Waals surface area contributed by atoms with Crippen molar-refractivity contribution in [3.63, 3.8) is 0 Å². The summed E-state index contributed by atoms with van der Waals surface area (Å²) in [6, 6.07) is 14.1. The fourth-order valence-electron chi connectivity index (χ4n) is 3.44. The Morgan fingerprint density at radius 1 is 0.958 bits per heavy atom. The van der Waals surface area contributed by atoms with E-state index in [0.717, 1.165) is 40.4 Å². The van der Waals surface area contributed by atoms with Gasteiger partial charge in [-0.3, -0.25) is 0 Å². The van der Waals surface area contributed by atoms with Crippen molar-refractivity contribution in [1.29, 1.82) is 0 Å². The maximum absolute atomic E-state index is 6.23. The third-order valence-corrected chi connectivity index (χ3v) is 5.22. The number of nitrogens with zero attached hydrogens (tertiary/aromatic N) is 1. The first-order chi connectivity index (χ1) is 11.7. The third-order valence-electron chi connectivity index (χ3n) is 4.99. The molecule has 0 aliphatic carbocycles. The topological polar surface area (TPSA) is 12.5 Å². The van der Waals surface area contributed by atoms with Crippen molar-refractivity contribution in [2.24, 2.45) is 5.92 Å². The summed E-state index contributed by atoms with van der Waals surface area (Å²) in [4.78, 5) is 2.35. The Hall–Kier alpha value is -1.67. The van der Waals surface area contributed by atoms with E-state index in [2.05, 4.69) is 30.9 Å². The molecule has 0 bridgehead atoms. The zero-order valence-electron chi connectivity index (χ0n) is 14.6. The van der Waals surface area contributed by atoms with Gasteiger partial charge < -0.3 is 9.64 Å². The summed E-state index contributed by atoms with van der Waals surface area (Å²) in [5, 5.41) is 0.749. The van der Waals surface area contributed by atoms with Crippen LogP contribution in [0.3, 0.4) is 0 Å². The predicted octanol–water partition coefficient (Wildman–Crippen LogP) is 7.19. The van der Waals surface area contributed by atoms with Crippen molar-refractivity contribution in [3.05, 3.63) is 47.5 Å². The van der Waals surface area contributed by atoms with Crippen LogP contribution in [0.25, 0.3) is 0 Å². The van der Waals surface area contributed by atoms with Gasteiger partial charge in [0.25, 0.3) is 0 Å². The standard InChI is InChI=1S/C21H26ClNO/c1-3-16(4-2)9-7-8-14-23-18-10-5-6-11-20(18)24-21-13-12-17(22)15-19(21)23/h5-6,10-13,15-16H,3-4,7-9,14H2,1-2H3. The molecule has 0 aromatic heterocycles. The molecule has 0 fully saturated rings. The fraction of sp³-hybridized carbons (Fsp3) is 0.429. The molecule has 0 saturated carbocycles. The van der Waals surface area contributed by atoms with Crippen LogP contribution in [0.4, 0.5) is 11.4 Å². The quantitative estimate of drug-likeness (QED) is 0.493. The summed E-state index contributed by atoms with van der Waals surface area (Å²) in [5.74, 6) is 2.68. The Kier molecular flexibility index (Phi) is 5.68. The average molecular weight is 344 g/mol. The normalized spacial score (nSPS) is 12.8. The first-order valence-corrected chi connectivity index (χ1v) is 9.44. The van der Waals surface area contributed by atoms with Crippen LogP contribution in [-0.4, -0.2) is 6.54 Å². The number of para-hydroxylation sites is 2. The molecule has 0 saturated heterocycles. The highest BCUT2D eigenvalue weighted by molar-refractivity contribution is 6.31. The van der Waals surface area contributed by atoms with Crippen molar-refractivity contribution in [1.82, 2.24) is 0 Å². The van der Waals surface area contributed by atoms with Crippen LogP contribution in [0.2, 0.25) is 5.02 Å². The zero-order chi connectivity index (χ0) is 16.9. The van der Waals surface area contributed by atoms with Gasteiger partial charge in [-0.25, -0.2) is 0 Å². The molecule has 1 aliphatic heterocycles. The molecule has 128 valence electrons. The molecule has 0 spiro atoms. The van der Waals surface area contributed by atoms with Crippen LogP contribution in [0.1, 0.15) is 46.0 Å². The van der Waals surface area contributed by atoms with Gasteiger partial charge in [0.1, 0.15) is 0 Å². The summed E-state index contributed by atoms with van der Waals surface area (Å²) in [7, 11) is 0. The van der Waals surface area contributed by atoms with Gasteiger partial charge in [-0.2, -0.15) is 0 Å². The number of fused-ring (bicyclic) bond motifs is 2. The van der Waals surface area contributed by atoms with Gasteiger partial charge in [-0.1, -0.05) is 63.3 Å². The molecule has 0 N–H and O–H groups in total. The number of ether oxygens (including phenoxy) is 1. The number of rotatable bonds is 7. The second-order valence-electron chi connectivity index (χ2n) is 6.51. The van der Waals surface area contributed by atoms with Crippen molar-refractivity contribution in [2.75, 3.05) is 11.4 Å². The number of anilines is 2. The molecule has 2 nitrogen and oxygen atoms in total. The maximum Gasteiger partial charge on any atom is 0.151 e. The molecular formula is C21H26ClNO. The Bertz CT molecular complexity index is 681. The first-order valence-electron chi connectivity index (χ1n) is 9.07. The molecule has 0 unspecified atom stereocenters. The molecule has 3 heteroatoms. The van der Waals surface area contributed by atoms with E-state index in [1.54, 1.807) is 0 Å². The molecule has 2 aromatic rings. The highest BCUT2D eigenvalue weighted by Crippen LogP contribution is 2.47. The molecule has 1 aliphatic rings. The van der Waals surface area contributed by atoms with E-state index in [4.69, 9.17) is 16.3 Å². The lowest BCUT2D eigenvalue weighted by molar-refractivity contribution is 0.433. The van der Waals surface area contributed by atoms with E-state index in [0.29, 0.717) is 0 Å². The van der Waals surface area contributed by atoms with Gasteiger partial charge in [0.2, 0.25) is 0 Å². The third kappa shape index (κ3) is 3.70. The van der Waals surface area contributed by atoms with Crippen molar-refractivity contribution in [2.45, 2.75) is 46.0 Å². The lowest BCUT2D eigenvalue weighted by Crippen LogP contribution is -2.22. The molecule has 2 aromatic carbocycles. The van der Waals surface area contributed by atoms with Gasteiger partial charge in [-0.15, -0.1) is 0 Å². The van der Waals surface area contributed by atoms with Crippen molar-refractivity contribution in [3.8, 4) is 11.5 Å².